The van der Waals surface area contributed by atoms with E-state index >= 15 is 0 Å². The molecule has 0 spiro atoms. The summed E-state index contributed by atoms with van der Waals surface area (Å²) in [4.78, 5) is 40.4. The zero-order valence-electron chi connectivity index (χ0n) is 14.2. The van der Waals surface area contributed by atoms with Gasteiger partial charge in [0.05, 0.1) is 4.91 Å². The second-order valence-corrected chi connectivity index (χ2v) is 8.30. The molecule has 1 saturated heterocycles. The highest BCUT2D eigenvalue weighted by Gasteiger charge is 2.37. The Kier molecular flexibility index (Phi) is 5.09. The van der Waals surface area contributed by atoms with E-state index in [1.807, 2.05) is 40.8 Å². The van der Waals surface area contributed by atoms with Gasteiger partial charge in [0.2, 0.25) is 5.91 Å². The molecule has 0 radical (unpaired) electrons. The van der Waals surface area contributed by atoms with Gasteiger partial charge in [0.25, 0.3) is 11.1 Å². The van der Waals surface area contributed by atoms with Crippen LogP contribution in [0.2, 0.25) is 0 Å². The van der Waals surface area contributed by atoms with Crippen LogP contribution < -0.4 is 0 Å². The summed E-state index contributed by atoms with van der Waals surface area (Å²) in [6, 6.07) is 11.5. The molecule has 1 aromatic carbocycles. The highest BCUT2D eigenvalue weighted by atomic mass is 127. The van der Waals surface area contributed by atoms with Crippen molar-refractivity contribution in [3.05, 3.63) is 62.0 Å². The van der Waals surface area contributed by atoms with Gasteiger partial charge in [-0.1, -0.05) is 24.3 Å². The fourth-order valence-electron chi connectivity index (χ4n) is 3.12. The van der Waals surface area contributed by atoms with Crippen LogP contribution in [0.1, 0.15) is 16.9 Å². The van der Waals surface area contributed by atoms with Crippen molar-refractivity contribution in [1.82, 2.24) is 9.80 Å². The van der Waals surface area contributed by atoms with E-state index in [0.29, 0.717) is 22.6 Å². The number of thioether (sulfide) groups is 1. The summed E-state index contributed by atoms with van der Waals surface area (Å²) in [5, 5.41) is -0.432. The monoisotopic (exact) mass is 494 g/mol. The Labute approximate surface area is 173 Å². The molecule has 0 atom stereocenters. The number of hydrogen-bond acceptors (Lipinski definition) is 5. The summed E-state index contributed by atoms with van der Waals surface area (Å²) in [5.74, 6) is -0.174. The molecule has 4 rings (SSSR count). The van der Waals surface area contributed by atoms with E-state index in [2.05, 4.69) is 6.07 Å². The molecule has 2 aromatic rings. The van der Waals surface area contributed by atoms with Gasteiger partial charge >= 0.3 is 0 Å². The standard InChI is InChI=1S/C19H15IN2O4S/c20-16-6-5-14(26-16)9-15-18(24)22(19(25)27-15)11-17(23)21-8-7-12-3-1-2-4-13(12)10-21/h1-6,9H,7-8,10-11H2/b15-9-. The van der Waals surface area contributed by atoms with E-state index in [1.54, 1.807) is 17.0 Å². The van der Waals surface area contributed by atoms with E-state index in [0.717, 1.165) is 28.6 Å². The molecule has 0 bridgehead atoms. The predicted molar refractivity (Wildman–Crippen MR) is 110 cm³/mol. The van der Waals surface area contributed by atoms with Gasteiger partial charge in [-0.2, -0.15) is 0 Å². The molecule has 3 amide bonds. The van der Waals surface area contributed by atoms with Crippen LogP contribution in [-0.2, 0) is 22.6 Å². The number of carbonyl (C=O) groups excluding carboxylic acids is 3. The Hall–Kier alpha value is -2.07. The smallest absolute Gasteiger partial charge is 0.294 e. The Bertz CT molecular complexity index is 968. The van der Waals surface area contributed by atoms with Crippen LogP contribution in [0.5, 0.6) is 0 Å². The lowest BCUT2D eigenvalue weighted by Crippen LogP contribution is -2.44. The number of imide groups is 1. The molecular formula is C19H15IN2O4S. The van der Waals surface area contributed by atoms with Gasteiger partial charge in [0.1, 0.15) is 12.3 Å². The molecule has 1 fully saturated rings. The molecule has 3 heterocycles. The lowest BCUT2D eigenvalue weighted by Gasteiger charge is -2.29. The minimum atomic E-state index is -0.456. The number of halogens is 1. The van der Waals surface area contributed by atoms with Gasteiger partial charge in [0, 0.05) is 19.2 Å². The highest BCUT2D eigenvalue weighted by Crippen LogP contribution is 2.32. The van der Waals surface area contributed by atoms with Crippen molar-refractivity contribution in [2.45, 2.75) is 13.0 Å². The lowest BCUT2D eigenvalue weighted by molar-refractivity contribution is -0.136. The van der Waals surface area contributed by atoms with Crippen molar-refractivity contribution in [3.63, 3.8) is 0 Å². The molecule has 0 N–H and O–H groups in total. The molecular weight excluding hydrogens is 479 g/mol. The van der Waals surface area contributed by atoms with Gasteiger partial charge in [-0.05, 0) is 64.0 Å². The van der Waals surface area contributed by atoms with E-state index < -0.39 is 11.1 Å². The van der Waals surface area contributed by atoms with E-state index in [9.17, 15) is 14.4 Å². The van der Waals surface area contributed by atoms with Crippen molar-refractivity contribution < 1.29 is 18.8 Å². The Morgan fingerprint density at radius 2 is 1.96 bits per heavy atom. The molecule has 8 heteroatoms. The molecule has 27 heavy (non-hydrogen) atoms. The third kappa shape index (κ3) is 3.81. The minimum absolute atomic E-state index is 0.222. The average molecular weight is 494 g/mol. The van der Waals surface area contributed by atoms with Crippen molar-refractivity contribution in [2.24, 2.45) is 0 Å². The molecule has 6 nitrogen and oxygen atoms in total. The Balaban J connectivity index is 1.45. The van der Waals surface area contributed by atoms with Gasteiger partial charge in [-0.15, -0.1) is 0 Å². The molecule has 2 aliphatic rings. The number of carbonyl (C=O) groups is 3. The number of furan rings is 1. The maximum absolute atomic E-state index is 12.7. The van der Waals surface area contributed by atoms with Crippen LogP contribution in [0.25, 0.3) is 6.08 Å². The largest absolute Gasteiger partial charge is 0.451 e. The molecule has 138 valence electrons. The van der Waals surface area contributed by atoms with Crippen LogP contribution in [0.4, 0.5) is 4.79 Å². The van der Waals surface area contributed by atoms with Crippen LogP contribution in [-0.4, -0.2) is 39.9 Å². The van der Waals surface area contributed by atoms with Crippen LogP contribution >= 0.6 is 34.4 Å². The number of fused-ring (bicyclic) bond motifs is 1. The number of nitrogens with zero attached hydrogens (tertiary/aromatic N) is 2. The van der Waals surface area contributed by atoms with Crippen molar-refractivity contribution in [1.29, 1.82) is 0 Å². The average Bonchev–Trinajstić information content (AvgIpc) is 3.19. The first kappa shape index (κ1) is 18.3. The van der Waals surface area contributed by atoms with Crippen LogP contribution in [0.15, 0.2) is 45.7 Å². The van der Waals surface area contributed by atoms with E-state index in [-0.39, 0.29) is 17.4 Å². The van der Waals surface area contributed by atoms with Crippen LogP contribution in [0, 0.1) is 3.77 Å². The third-order valence-electron chi connectivity index (χ3n) is 4.52. The third-order valence-corrected chi connectivity index (χ3v) is 6.00. The quantitative estimate of drug-likeness (QED) is 0.483. The Morgan fingerprint density at radius 1 is 1.19 bits per heavy atom. The molecule has 0 saturated carbocycles. The van der Waals surface area contributed by atoms with E-state index in [1.165, 1.54) is 11.6 Å². The zero-order chi connectivity index (χ0) is 19.0. The molecule has 1 aromatic heterocycles. The maximum atomic E-state index is 12.7. The summed E-state index contributed by atoms with van der Waals surface area (Å²) in [7, 11) is 0. The first-order valence-electron chi connectivity index (χ1n) is 8.36. The van der Waals surface area contributed by atoms with Gasteiger partial charge in [0.15, 0.2) is 3.77 Å². The fraction of sp³-hybridized carbons (Fsp3) is 0.211. The second kappa shape index (κ2) is 7.51. The fourth-order valence-corrected chi connectivity index (χ4v) is 4.37. The van der Waals surface area contributed by atoms with Crippen molar-refractivity contribution in [3.8, 4) is 0 Å². The number of rotatable bonds is 3. The van der Waals surface area contributed by atoms with Gasteiger partial charge in [-0.25, -0.2) is 0 Å². The van der Waals surface area contributed by atoms with Gasteiger partial charge < -0.3 is 9.32 Å². The second-order valence-electron chi connectivity index (χ2n) is 6.24. The number of amides is 3. The Morgan fingerprint density at radius 3 is 2.70 bits per heavy atom. The lowest BCUT2D eigenvalue weighted by atomic mass is 10.00. The first-order chi connectivity index (χ1) is 13.0. The topological polar surface area (TPSA) is 70.8 Å². The number of benzene rings is 1. The van der Waals surface area contributed by atoms with Crippen LogP contribution in [0.3, 0.4) is 0 Å². The predicted octanol–water partition coefficient (Wildman–Crippen LogP) is 3.51. The normalized spacial score (nSPS) is 18.3. The molecule has 2 aliphatic heterocycles. The van der Waals surface area contributed by atoms with Crippen molar-refractivity contribution in [2.75, 3.05) is 13.1 Å². The van der Waals surface area contributed by atoms with Gasteiger partial charge in [-0.3, -0.25) is 19.3 Å². The highest BCUT2D eigenvalue weighted by molar-refractivity contribution is 14.1. The summed E-state index contributed by atoms with van der Waals surface area (Å²) < 4.78 is 6.11. The maximum Gasteiger partial charge on any atom is 0.294 e. The summed E-state index contributed by atoms with van der Waals surface area (Å²) in [6.07, 6.45) is 2.31. The summed E-state index contributed by atoms with van der Waals surface area (Å²) in [6.45, 7) is 0.860. The molecule has 0 aliphatic carbocycles. The summed E-state index contributed by atoms with van der Waals surface area (Å²) in [5.41, 5.74) is 2.35. The minimum Gasteiger partial charge on any atom is -0.451 e. The number of hydrogen-bond donors (Lipinski definition) is 0. The molecule has 0 unspecified atom stereocenters. The van der Waals surface area contributed by atoms with E-state index in [4.69, 9.17) is 4.42 Å². The zero-order valence-corrected chi connectivity index (χ0v) is 17.2. The SMILES string of the molecule is O=C(CN1C(=O)S/C(=C\c2ccc(I)o2)C1=O)N1CCc2ccccc2C1. The summed E-state index contributed by atoms with van der Waals surface area (Å²) >= 11 is 2.85. The van der Waals surface area contributed by atoms with Crippen molar-refractivity contribution >= 4 is 57.5 Å². The first-order valence-corrected chi connectivity index (χ1v) is 10.3.